The molecule has 0 unspecified atom stereocenters. The van der Waals surface area contributed by atoms with E-state index in [1.165, 1.54) is 12.1 Å². The van der Waals surface area contributed by atoms with Gasteiger partial charge in [0.2, 0.25) is 0 Å². The minimum absolute atomic E-state index is 0.305. The van der Waals surface area contributed by atoms with E-state index in [-0.39, 0.29) is 16.8 Å². The van der Waals surface area contributed by atoms with Crippen molar-refractivity contribution < 1.29 is 19.0 Å². The molecule has 5 heteroatoms. The van der Waals surface area contributed by atoms with E-state index >= 15 is 0 Å². The summed E-state index contributed by atoms with van der Waals surface area (Å²) in [5.74, 6) is -1.96. The first-order valence-corrected chi connectivity index (χ1v) is 6.58. The molecule has 0 amide bonds. The van der Waals surface area contributed by atoms with Crippen molar-refractivity contribution in [3.63, 3.8) is 0 Å². The molecule has 4 nitrogen and oxygen atoms in total. The van der Waals surface area contributed by atoms with E-state index < -0.39 is 11.8 Å². The van der Waals surface area contributed by atoms with Gasteiger partial charge in [0.25, 0.3) is 0 Å². The zero-order valence-electron chi connectivity index (χ0n) is 12.2. The predicted molar refractivity (Wildman–Crippen MR) is 74.8 cm³/mol. The van der Waals surface area contributed by atoms with Crippen molar-refractivity contribution >= 4 is 11.7 Å². The number of nitrogens with zero attached hydrogens (tertiary/aromatic N) is 1. The third-order valence-corrected chi connectivity index (χ3v) is 3.24. The molecule has 0 radical (unpaired) electrons. The van der Waals surface area contributed by atoms with Gasteiger partial charge in [0, 0.05) is 18.8 Å². The number of carbonyl (C=O) groups is 1. The molecule has 1 heterocycles. The molecule has 1 fully saturated rings. The fourth-order valence-corrected chi connectivity index (χ4v) is 2.84. The number of aromatic carboxylic acids is 1. The Morgan fingerprint density at radius 2 is 1.80 bits per heavy atom. The highest BCUT2D eigenvalue weighted by Gasteiger charge is 2.38. The highest BCUT2D eigenvalue weighted by molar-refractivity contribution is 5.88. The predicted octanol–water partition coefficient (Wildman–Crippen LogP) is 2.92. The molecule has 0 aliphatic carbocycles. The number of hydrogen-bond donors (Lipinski definition) is 1. The molecule has 1 aromatic carbocycles. The fraction of sp³-hybridized carbons (Fsp3) is 0.533. The van der Waals surface area contributed by atoms with Crippen LogP contribution in [0.25, 0.3) is 0 Å². The summed E-state index contributed by atoms with van der Waals surface area (Å²) in [6, 6.07) is 4.23. The quantitative estimate of drug-likeness (QED) is 0.905. The molecular weight excluding hydrogens is 261 g/mol. The van der Waals surface area contributed by atoms with Crippen LogP contribution in [-0.2, 0) is 4.74 Å². The SMILES string of the molecule is CC1(C)CN(c2ccc(C(=O)O)c(F)c2)CC(C)(C)O1. The molecule has 1 aliphatic heterocycles. The summed E-state index contributed by atoms with van der Waals surface area (Å²) in [5.41, 5.74) is -0.314. The van der Waals surface area contributed by atoms with Crippen LogP contribution < -0.4 is 4.90 Å². The van der Waals surface area contributed by atoms with E-state index in [4.69, 9.17) is 9.84 Å². The molecule has 1 aliphatic rings. The topological polar surface area (TPSA) is 49.8 Å². The summed E-state index contributed by atoms with van der Waals surface area (Å²) in [6.45, 7) is 9.21. The third kappa shape index (κ3) is 3.10. The average molecular weight is 281 g/mol. The normalized spacial score (nSPS) is 20.8. The Bertz CT molecular complexity index is 524. The molecule has 1 aromatic rings. The second-order valence-electron chi connectivity index (χ2n) is 6.45. The molecule has 0 aromatic heterocycles. The second-order valence-corrected chi connectivity index (χ2v) is 6.45. The van der Waals surface area contributed by atoms with Crippen molar-refractivity contribution in [3.05, 3.63) is 29.6 Å². The van der Waals surface area contributed by atoms with Crippen molar-refractivity contribution in [3.8, 4) is 0 Å². The van der Waals surface area contributed by atoms with Gasteiger partial charge in [0.05, 0.1) is 16.8 Å². The number of morpholine rings is 1. The van der Waals surface area contributed by atoms with Crippen molar-refractivity contribution in [1.29, 1.82) is 0 Å². The van der Waals surface area contributed by atoms with Crippen molar-refractivity contribution in [2.75, 3.05) is 18.0 Å². The summed E-state index contributed by atoms with van der Waals surface area (Å²) in [5, 5.41) is 8.86. The van der Waals surface area contributed by atoms with Gasteiger partial charge >= 0.3 is 5.97 Å². The molecule has 20 heavy (non-hydrogen) atoms. The highest BCUT2D eigenvalue weighted by atomic mass is 19.1. The number of carboxylic acids is 1. The number of halogens is 1. The first-order valence-electron chi connectivity index (χ1n) is 6.58. The van der Waals surface area contributed by atoms with E-state index in [1.807, 2.05) is 32.6 Å². The Morgan fingerprint density at radius 1 is 1.25 bits per heavy atom. The lowest BCUT2D eigenvalue weighted by atomic mass is 9.98. The molecule has 0 atom stereocenters. The molecule has 1 saturated heterocycles. The number of ether oxygens (including phenoxy) is 1. The zero-order valence-corrected chi connectivity index (χ0v) is 12.2. The van der Waals surface area contributed by atoms with Crippen LogP contribution in [0.5, 0.6) is 0 Å². The van der Waals surface area contributed by atoms with Crippen molar-refractivity contribution in [2.45, 2.75) is 38.9 Å². The number of hydrogen-bond acceptors (Lipinski definition) is 3. The molecule has 110 valence electrons. The number of rotatable bonds is 2. The van der Waals surface area contributed by atoms with Crippen LogP contribution >= 0.6 is 0 Å². The van der Waals surface area contributed by atoms with Crippen LogP contribution in [-0.4, -0.2) is 35.4 Å². The van der Waals surface area contributed by atoms with E-state index in [9.17, 15) is 9.18 Å². The monoisotopic (exact) mass is 281 g/mol. The van der Waals surface area contributed by atoms with E-state index in [1.54, 1.807) is 6.07 Å². The van der Waals surface area contributed by atoms with E-state index in [2.05, 4.69) is 0 Å². The van der Waals surface area contributed by atoms with Crippen LogP contribution in [0.3, 0.4) is 0 Å². The lowest BCUT2D eigenvalue weighted by Gasteiger charge is -2.48. The molecule has 2 rings (SSSR count). The maximum Gasteiger partial charge on any atom is 0.338 e. The maximum atomic E-state index is 13.8. The number of carboxylic acid groups (broad SMARTS) is 1. The smallest absolute Gasteiger partial charge is 0.338 e. The van der Waals surface area contributed by atoms with Gasteiger partial charge in [-0.1, -0.05) is 0 Å². The summed E-state index contributed by atoms with van der Waals surface area (Å²) < 4.78 is 19.8. The number of anilines is 1. The second kappa shape index (κ2) is 4.74. The van der Waals surface area contributed by atoms with Crippen LogP contribution in [0.15, 0.2) is 18.2 Å². The number of benzene rings is 1. The molecule has 1 N–H and O–H groups in total. The van der Waals surface area contributed by atoms with Gasteiger partial charge in [-0.3, -0.25) is 0 Å². The average Bonchev–Trinajstić information content (AvgIpc) is 2.23. The van der Waals surface area contributed by atoms with Gasteiger partial charge in [0.1, 0.15) is 5.82 Å². The third-order valence-electron chi connectivity index (χ3n) is 3.24. The standard InChI is InChI=1S/C15H20FNO3/c1-14(2)8-17(9-15(3,4)20-14)10-5-6-11(13(18)19)12(16)7-10/h5-7H,8-9H2,1-4H3,(H,18,19). The Morgan fingerprint density at radius 3 is 2.25 bits per heavy atom. The summed E-state index contributed by atoms with van der Waals surface area (Å²) in [4.78, 5) is 12.9. The first kappa shape index (κ1) is 14.8. The zero-order chi connectivity index (χ0) is 15.1. The lowest BCUT2D eigenvalue weighted by Crippen LogP contribution is -2.57. The molecule has 0 bridgehead atoms. The minimum Gasteiger partial charge on any atom is -0.478 e. The van der Waals surface area contributed by atoms with Crippen LogP contribution in [0.2, 0.25) is 0 Å². The lowest BCUT2D eigenvalue weighted by molar-refractivity contribution is -0.133. The van der Waals surface area contributed by atoms with Gasteiger partial charge in [0.15, 0.2) is 0 Å². The van der Waals surface area contributed by atoms with E-state index in [0.717, 1.165) is 0 Å². The van der Waals surface area contributed by atoms with Crippen molar-refractivity contribution in [1.82, 2.24) is 0 Å². The highest BCUT2D eigenvalue weighted by Crippen LogP contribution is 2.32. The Labute approximate surface area is 118 Å². The maximum absolute atomic E-state index is 13.8. The summed E-state index contributed by atoms with van der Waals surface area (Å²) >= 11 is 0. The van der Waals surface area contributed by atoms with E-state index in [0.29, 0.717) is 18.8 Å². The minimum atomic E-state index is -1.25. The van der Waals surface area contributed by atoms with Gasteiger partial charge in [-0.25, -0.2) is 9.18 Å². The molecule has 0 spiro atoms. The largest absolute Gasteiger partial charge is 0.478 e. The molecule has 0 saturated carbocycles. The van der Waals surface area contributed by atoms with Gasteiger partial charge < -0.3 is 14.7 Å². The Kier molecular flexibility index (Phi) is 3.50. The fourth-order valence-electron chi connectivity index (χ4n) is 2.84. The summed E-state index contributed by atoms with van der Waals surface area (Å²) in [6.07, 6.45) is 0. The van der Waals surface area contributed by atoms with Gasteiger partial charge in [-0.15, -0.1) is 0 Å². The Hall–Kier alpha value is -1.62. The first-order chi connectivity index (χ1) is 9.10. The van der Waals surface area contributed by atoms with Crippen LogP contribution in [0.4, 0.5) is 10.1 Å². The van der Waals surface area contributed by atoms with Gasteiger partial charge in [-0.05, 0) is 45.9 Å². The van der Waals surface area contributed by atoms with Crippen LogP contribution in [0, 0.1) is 5.82 Å². The van der Waals surface area contributed by atoms with Crippen molar-refractivity contribution in [2.24, 2.45) is 0 Å². The Balaban J connectivity index is 2.32. The molecular formula is C15H20FNO3. The van der Waals surface area contributed by atoms with Crippen LogP contribution in [0.1, 0.15) is 38.1 Å². The van der Waals surface area contributed by atoms with Gasteiger partial charge in [-0.2, -0.15) is 0 Å². The summed E-state index contributed by atoms with van der Waals surface area (Å²) in [7, 11) is 0.